The summed E-state index contributed by atoms with van der Waals surface area (Å²) in [5, 5.41) is 2.19. The number of thiazole rings is 1. The van der Waals surface area contributed by atoms with E-state index in [9.17, 15) is 22.8 Å². The quantitative estimate of drug-likeness (QED) is 0.838. The molecule has 0 radical (unpaired) electrons. The normalized spacial score (nSPS) is 11.0. The third-order valence-electron chi connectivity index (χ3n) is 2.47. The Morgan fingerprint density at radius 3 is 2.52 bits per heavy atom. The van der Waals surface area contributed by atoms with Crippen molar-refractivity contribution in [3.05, 3.63) is 45.9 Å². The molecule has 1 aromatic carbocycles. The van der Waals surface area contributed by atoms with E-state index in [1.54, 1.807) is 6.92 Å². The van der Waals surface area contributed by atoms with Gasteiger partial charge in [-0.25, -0.2) is 4.98 Å². The van der Waals surface area contributed by atoms with Crippen LogP contribution >= 0.6 is 11.3 Å². The fourth-order valence-corrected chi connectivity index (χ4v) is 2.14. The topological polar surface area (TPSA) is 80.3 Å². The molecule has 0 saturated carbocycles. The Balaban J connectivity index is 1.98. The number of nitrogens with one attached hydrogen (secondary N) is 2. The second kappa shape index (κ2) is 6.65. The van der Waals surface area contributed by atoms with Gasteiger partial charge in [0.05, 0.1) is 5.01 Å². The number of aryl methyl sites for hydroxylation is 1. The smallest absolute Gasteiger partial charge is 0.406 e. The van der Waals surface area contributed by atoms with E-state index in [2.05, 4.69) is 20.6 Å². The van der Waals surface area contributed by atoms with Crippen molar-refractivity contribution in [2.75, 3.05) is 0 Å². The molecule has 0 atom stereocenters. The van der Waals surface area contributed by atoms with Crippen LogP contribution in [0, 0.1) is 6.92 Å². The number of carbonyl (C=O) groups excluding carboxylic acids is 2. The summed E-state index contributed by atoms with van der Waals surface area (Å²) < 4.78 is 40.1. The molecular weight excluding hydrogens is 335 g/mol. The molecule has 0 unspecified atom stereocenters. The molecule has 2 rings (SSSR count). The summed E-state index contributed by atoms with van der Waals surface area (Å²) in [5.41, 5.74) is 4.22. The highest BCUT2D eigenvalue weighted by Crippen LogP contribution is 2.23. The van der Waals surface area contributed by atoms with Crippen molar-refractivity contribution < 1.29 is 27.5 Å². The summed E-state index contributed by atoms with van der Waals surface area (Å²) in [7, 11) is 0. The maximum atomic E-state index is 12.1. The Bertz CT molecular complexity index is 730. The van der Waals surface area contributed by atoms with E-state index in [1.165, 1.54) is 28.8 Å². The number of nitrogens with zero attached hydrogens (tertiary/aromatic N) is 1. The van der Waals surface area contributed by atoms with Crippen LogP contribution in [0.25, 0.3) is 0 Å². The molecule has 2 aromatic rings. The van der Waals surface area contributed by atoms with Crippen molar-refractivity contribution in [3.63, 3.8) is 0 Å². The van der Waals surface area contributed by atoms with E-state index in [4.69, 9.17) is 0 Å². The van der Waals surface area contributed by atoms with Crippen LogP contribution in [-0.4, -0.2) is 23.2 Å². The minimum Gasteiger partial charge on any atom is -0.406 e. The number of hydrogen-bond acceptors (Lipinski definition) is 5. The lowest BCUT2D eigenvalue weighted by Crippen LogP contribution is -2.41. The first-order chi connectivity index (χ1) is 10.7. The third-order valence-corrected chi connectivity index (χ3v) is 3.24. The summed E-state index contributed by atoms with van der Waals surface area (Å²) >= 11 is 1.26. The van der Waals surface area contributed by atoms with Crippen LogP contribution in [0.4, 0.5) is 13.2 Å². The molecule has 122 valence electrons. The summed E-state index contributed by atoms with van der Waals surface area (Å²) in [5.74, 6) is -1.96. The van der Waals surface area contributed by atoms with Gasteiger partial charge in [0.25, 0.3) is 11.8 Å². The van der Waals surface area contributed by atoms with Crippen molar-refractivity contribution in [3.8, 4) is 5.75 Å². The van der Waals surface area contributed by atoms with E-state index in [0.717, 1.165) is 12.1 Å². The first-order valence-corrected chi connectivity index (χ1v) is 7.01. The van der Waals surface area contributed by atoms with Crippen molar-refractivity contribution in [2.24, 2.45) is 0 Å². The molecule has 0 aliphatic heterocycles. The van der Waals surface area contributed by atoms with Crippen LogP contribution in [0.3, 0.4) is 0 Å². The minimum atomic E-state index is -4.86. The molecule has 1 aromatic heterocycles. The van der Waals surface area contributed by atoms with Crippen LogP contribution in [-0.2, 0) is 0 Å². The van der Waals surface area contributed by atoms with Gasteiger partial charge >= 0.3 is 6.36 Å². The maximum Gasteiger partial charge on any atom is 0.573 e. The lowest BCUT2D eigenvalue weighted by atomic mass is 10.2. The second-order valence-corrected chi connectivity index (χ2v) is 5.30. The number of halogens is 3. The van der Waals surface area contributed by atoms with E-state index >= 15 is 0 Å². The number of hydrazine groups is 1. The van der Waals surface area contributed by atoms with Crippen molar-refractivity contribution >= 4 is 23.2 Å². The summed E-state index contributed by atoms with van der Waals surface area (Å²) in [6, 6.07) is 4.46. The lowest BCUT2D eigenvalue weighted by molar-refractivity contribution is -0.274. The largest absolute Gasteiger partial charge is 0.573 e. The minimum absolute atomic E-state index is 0.110. The second-order valence-electron chi connectivity index (χ2n) is 4.24. The lowest BCUT2D eigenvalue weighted by Gasteiger charge is -2.10. The Labute approximate surface area is 132 Å². The predicted molar refractivity (Wildman–Crippen MR) is 74.9 cm³/mol. The van der Waals surface area contributed by atoms with Gasteiger partial charge in [0, 0.05) is 10.9 Å². The van der Waals surface area contributed by atoms with Gasteiger partial charge in [-0.1, -0.05) is 6.07 Å². The summed E-state index contributed by atoms with van der Waals surface area (Å²) in [6.45, 7) is 1.71. The Kier molecular flexibility index (Phi) is 4.84. The molecule has 1 heterocycles. The average molecular weight is 345 g/mol. The van der Waals surface area contributed by atoms with E-state index in [-0.39, 0.29) is 11.3 Å². The summed E-state index contributed by atoms with van der Waals surface area (Å²) in [6.07, 6.45) is -4.86. The molecule has 2 amide bonds. The molecule has 0 bridgehead atoms. The first-order valence-electron chi connectivity index (χ1n) is 6.13. The fourth-order valence-electron chi connectivity index (χ4n) is 1.55. The highest BCUT2D eigenvalue weighted by Gasteiger charge is 2.31. The molecule has 0 aliphatic carbocycles. The van der Waals surface area contributed by atoms with Crippen LogP contribution < -0.4 is 15.6 Å². The molecule has 6 nitrogen and oxygen atoms in total. The van der Waals surface area contributed by atoms with Gasteiger partial charge in [-0.2, -0.15) is 0 Å². The van der Waals surface area contributed by atoms with Gasteiger partial charge in [0.15, 0.2) is 0 Å². The van der Waals surface area contributed by atoms with Gasteiger partial charge < -0.3 is 4.74 Å². The number of benzene rings is 1. The number of ether oxygens (including phenoxy) is 1. The Hall–Kier alpha value is -2.62. The van der Waals surface area contributed by atoms with Crippen molar-refractivity contribution in [1.29, 1.82) is 0 Å². The van der Waals surface area contributed by atoms with Gasteiger partial charge in [-0.15, -0.1) is 24.5 Å². The number of aromatic nitrogens is 1. The van der Waals surface area contributed by atoms with Gasteiger partial charge in [-0.3, -0.25) is 20.4 Å². The highest BCUT2D eigenvalue weighted by atomic mass is 32.1. The number of alkyl halides is 3. The SMILES string of the molecule is Cc1nc(C(=O)NNC(=O)c2cccc(OC(F)(F)F)c2)cs1. The van der Waals surface area contributed by atoms with Gasteiger partial charge in [0.2, 0.25) is 0 Å². The van der Waals surface area contributed by atoms with E-state index in [0.29, 0.717) is 5.01 Å². The number of rotatable bonds is 3. The third kappa shape index (κ3) is 4.95. The van der Waals surface area contributed by atoms with Crippen LogP contribution in [0.5, 0.6) is 5.75 Å². The molecule has 0 spiro atoms. The Morgan fingerprint density at radius 1 is 1.22 bits per heavy atom. The van der Waals surface area contributed by atoms with Crippen molar-refractivity contribution in [2.45, 2.75) is 13.3 Å². The fraction of sp³-hybridized carbons (Fsp3) is 0.154. The van der Waals surface area contributed by atoms with Crippen LogP contribution in [0.15, 0.2) is 29.6 Å². The maximum absolute atomic E-state index is 12.1. The standard InChI is InChI=1S/C13H10F3N3O3S/c1-7-17-10(6-23-7)12(21)19-18-11(20)8-3-2-4-9(5-8)22-13(14,15)16/h2-6H,1H3,(H,18,20)(H,19,21). The zero-order chi connectivity index (χ0) is 17.0. The Morgan fingerprint density at radius 2 is 1.91 bits per heavy atom. The molecule has 0 fully saturated rings. The molecule has 2 N–H and O–H groups in total. The van der Waals surface area contributed by atoms with Crippen molar-refractivity contribution in [1.82, 2.24) is 15.8 Å². The molecular formula is C13H10F3N3O3S. The van der Waals surface area contributed by atoms with Crippen LogP contribution in [0.2, 0.25) is 0 Å². The van der Waals surface area contributed by atoms with Gasteiger partial charge in [-0.05, 0) is 25.1 Å². The average Bonchev–Trinajstić information content (AvgIpc) is 2.89. The zero-order valence-corrected chi connectivity index (χ0v) is 12.4. The molecule has 0 saturated heterocycles. The number of hydrogen-bond donors (Lipinski definition) is 2. The highest BCUT2D eigenvalue weighted by molar-refractivity contribution is 7.09. The van der Waals surface area contributed by atoms with Gasteiger partial charge in [0.1, 0.15) is 11.4 Å². The predicted octanol–water partition coefficient (Wildman–Crippen LogP) is 2.42. The molecule has 10 heteroatoms. The monoisotopic (exact) mass is 345 g/mol. The van der Waals surface area contributed by atoms with E-state index < -0.39 is 23.9 Å². The number of amides is 2. The number of carbonyl (C=O) groups is 2. The first kappa shape index (κ1) is 16.7. The molecule has 0 aliphatic rings. The van der Waals surface area contributed by atoms with Crippen LogP contribution in [0.1, 0.15) is 25.9 Å². The molecule has 23 heavy (non-hydrogen) atoms. The summed E-state index contributed by atoms with van der Waals surface area (Å²) in [4.78, 5) is 27.4. The zero-order valence-electron chi connectivity index (χ0n) is 11.6. The van der Waals surface area contributed by atoms with E-state index in [1.807, 2.05) is 0 Å².